The van der Waals surface area contributed by atoms with Crippen LogP contribution in [0.3, 0.4) is 0 Å². The molecule has 0 aliphatic heterocycles. The Morgan fingerprint density at radius 2 is 2.13 bits per heavy atom. The first kappa shape index (κ1) is 11.7. The number of nitrogens with zero attached hydrogens (tertiary/aromatic N) is 1. The summed E-state index contributed by atoms with van der Waals surface area (Å²) >= 11 is 0. The van der Waals surface area contributed by atoms with Crippen molar-refractivity contribution in [3.63, 3.8) is 0 Å². The van der Waals surface area contributed by atoms with Gasteiger partial charge in [0.1, 0.15) is 5.82 Å². The van der Waals surface area contributed by atoms with E-state index in [-0.39, 0.29) is 11.8 Å². The lowest BCUT2D eigenvalue weighted by molar-refractivity contribution is -0.120. The Labute approximate surface area is 90.9 Å². The summed E-state index contributed by atoms with van der Waals surface area (Å²) in [5, 5.41) is 2.83. The van der Waals surface area contributed by atoms with E-state index in [4.69, 9.17) is 0 Å². The van der Waals surface area contributed by atoms with E-state index in [1.807, 2.05) is 32.9 Å². The lowest BCUT2D eigenvalue weighted by Gasteiger charge is -2.12. The average Bonchev–Trinajstić information content (AvgIpc) is 2.19. The van der Waals surface area contributed by atoms with Crippen LogP contribution in [0, 0.1) is 12.8 Å². The lowest BCUT2D eigenvalue weighted by Crippen LogP contribution is -2.22. The summed E-state index contributed by atoms with van der Waals surface area (Å²) in [5.74, 6) is 0.803. The van der Waals surface area contributed by atoms with Crippen LogP contribution in [0.1, 0.15) is 32.3 Å². The van der Waals surface area contributed by atoms with E-state index >= 15 is 0 Å². The normalized spacial score (nSPS) is 10.4. The summed E-state index contributed by atoms with van der Waals surface area (Å²) in [6.45, 7) is 6.03. The molecule has 0 aromatic carbocycles. The smallest absolute Gasteiger partial charge is 0.228 e. The number of pyridine rings is 1. The van der Waals surface area contributed by atoms with Gasteiger partial charge in [-0.3, -0.25) is 4.79 Å². The second kappa shape index (κ2) is 5.49. The molecule has 0 spiro atoms. The molecular formula is C12H18N2O. The summed E-state index contributed by atoms with van der Waals surface area (Å²) in [5.41, 5.74) is 1.10. The Hall–Kier alpha value is -1.38. The molecule has 1 aromatic rings. The van der Waals surface area contributed by atoms with Gasteiger partial charge >= 0.3 is 0 Å². The Morgan fingerprint density at radius 1 is 1.47 bits per heavy atom. The molecule has 0 fully saturated rings. The van der Waals surface area contributed by atoms with Crippen molar-refractivity contribution in [2.45, 2.75) is 33.6 Å². The van der Waals surface area contributed by atoms with Gasteiger partial charge in [0, 0.05) is 12.1 Å². The molecule has 1 heterocycles. The number of rotatable bonds is 4. The van der Waals surface area contributed by atoms with Crippen molar-refractivity contribution in [3.8, 4) is 0 Å². The molecule has 0 saturated heterocycles. The van der Waals surface area contributed by atoms with Crippen LogP contribution in [0.5, 0.6) is 0 Å². The molecule has 0 radical (unpaired) electrons. The van der Waals surface area contributed by atoms with Crippen molar-refractivity contribution in [1.82, 2.24) is 4.98 Å². The van der Waals surface area contributed by atoms with Crippen molar-refractivity contribution < 1.29 is 4.79 Å². The van der Waals surface area contributed by atoms with Crippen molar-refractivity contribution in [2.75, 3.05) is 5.32 Å². The molecule has 15 heavy (non-hydrogen) atoms. The van der Waals surface area contributed by atoms with Crippen molar-refractivity contribution >= 4 is 11.7 Å². The van der Waals surface area contributed by atoms with Gasteiger partial charge in [0.2, 0.25) is 5.91 Å². The monoisotopic (exact) mass is 206 g/mol. The highest BCUT2D eigenvalue weighted by Gasteiger charge is 2.14. The number of carbonyl (C=O) groups is 1. The topological polar surface area (TPSA) is 42.0 Å². The van der Waals surface area contributed by atoms with E-state index in [2.05, 4.69) is 10.3 Å². The fourth-order valence-electron chi connectivity index (χ4n) is 1.49. The SMILES string of the molecule is CCC(CC)C(=O)Nc1cc(C)ccn1. The molecule has 3 heteroatoms. The van der Waals surface area contributed by atoms with E-state index in [1.54, 1.807) is 6.20 Å². The third-order valence-corrected chi connectivity index (χ3v) is 2.52. The average molecular weight is 206 g/mol. The van der Waals surface area contributed by atoms with Crippen molar-refractivity contribution in [3.05, 3.63) is 23.9 Å². The Bertz CT molecular complexity index is 332. The molecule has 0 saturated carbocycles. The lowest BCUT2D eigenvalue weighted by atomic mass is 10.0. The minimum Gasteiger partial charge on any atom is -0.310 e. The van der Waals surface area contributed by atoms with Gasteiger partial charge in [-0.1, -0.05) is 13.8 Å². The first-order valence-electron chi connectivity index (χ1n) is 5.40. The van der Waals surface area contributed by atoms with Crippen LogP contribution in [0.2, 0.25) is 0 Å². The quantitative estimate of drug-likeness (QED) is 0.823. The third-order valence-electron chi connectivity index (χ3n) is 2.52. The Kier molecular flexibility index (Phi) is 4.28. The van der Waals surface area contributed by atoms with Gasteiger partial charge in [-0.15, -0.1) is 0 Å². The minimum atomic E-state index is 0.0677. The standard InChI is InChI=1S/C12H18N2O/c1-4-10(5-2)12(15)14-11-8-9(3)6-7-13-11/h6-8,10H,4-5H2,1-3H3,(H,13,14,15). The minimum absolute atomic E-state index is 0.0677. The molecule has 3 nitrogen and oxygen atoms in total. The molecule has 1 aromatic heterocycles. The van der Waals surface area contributed by atoms with Gasteiger partial charge < -0.3 is 5.32 Å². The molecule has 0 aliphatic carbocycles. The summed E-state index contributed by atoms with van der Waals surface area (Å²) in [4.78, 5) is 15.8. The highest BCUT2D eigenvalue weighted by atomic mass is 16.1. The second-order valence-electron chi connectivity index (χ2n) is 3.72. The highest BCUT2D eigenvalue weighted by Crippen LogP contribution is 2.12. The maximum Gasteiger partial charge on any atom is 0.228 e. The maximum atomic E-state index is 11.7. The van der Waals surface area contributed by atoms with Gasteiger partial charge in [-0.05, 0) is 37.5 Å². The van der Waals surface area contributed by atoms with Crippen LogP contribution in [-0.2, 0) is 4.79 Å². The fraction of sp³-hybridized carbons (Fsp3) is 0.500. The molecule has 1 rings (SSSR count). The van der Waals surface area contributed by atoms with E-state index in [1.165, 1.54) is 0 Å². The van der Waals surface area contributed by atoms with Gasteiger partial charge in [-0.2, -0.15) is 0 Å². The van der Waals surface area contributed by atoms with Gasteiger partial charge in [0.05, 0.1) is 0 Å². The van der Waals surface area contributed by atoms with E-state index in [9.17, 15) is 4.79 Å². The molecule has 1 N–H and O–H groups in total. The van der Waals surface area contributed by atoms with E-state index in [0.29, 0.717) is 5.82 Å². The Balaban J connectivity index is 2.65. The largest absolute Gasteiger partial charge is 0.310 e. The van der Waals surface area contributed by atoms with E-state index < -0.39 is 0 Å². The predicted octanol–water partition coefficient (Wildman–Crippen LogP) is 2.76. The number of amides is 1. The molecule has 0 unspecified atom stereocenters. The van der Waals surface area contributed by atoms with Crippen LogP contribution in [-0.4, -0.2) is 10.9 Å². The number of aryl methyl sites for hydroxylation is 1. The first-order chi connectivity index (χ1) is 7.17. The maximum absolute atomic E-state index is 11.7. The number of anilines is 1. The van der Waals surface area contributed by atoms with Crippen LogP contribution < -0.4 is 5.32 Å². The van der Waals surface area contributed by atoms with Crippen LogP contribution in [0.25, 0.3) is 0 Å². The zero-order valence-electron chi connectivity index (χ0n) is 9.58. The van der Waals surface area contributed by atoms with Gasteiger partial charge in [-0.25, -0.2) is 4.98 Å². The zero-order chi connectivity index (χ0) is 11.3. The highest BCUT2D eigenvalue weighted by molar-refractivity contribution is 5.91. The van der Waals surface area contributed by atoms with Crippen molar-refractivity contribution in [1.29, 1.82) is 0 Å². The van der Waals surface area contributed by atoms with E-state index in [0.717, 1.165) is 18.4 Å². The third kappa shape index (κ3) is 3.35. The van der Waals surface area contributed by atoms with Crippen LogP contribution in [0.4, 0.5) is 5.82 Å². The summed E-state index contributed by atoms with van der Waals surface area (Å²) in [6, 6.07) is 3.78. The summed E-state index contributed by atoms with van der Waals surface area (Å²) < 4.78 is 0. The molecular weight excluding hydrogens is 188 g/mol. The molecule has 0 atom stereocenters. The second-order valence-corrected chi connectivity index (χ2v) is 3.72. The molecule has 1 amide bonds. The first-order valence-corrected chi connectivity index (χ1v) is 5.40. The van der Waals surface area contributed by atoms with Gasteiger partial charge in [0.15, 0.2) is 0 Å². The van der Waals surface area contributed by atoms with Gasteiger partial charge in [0.25, 0.3) is 0 Å². The van der Waals surface area contributed by atoms with Crippen LogP contribution >= 0.6 is 0 Å². The molecule has 0 bridgehead atoms. The number of nitrogens with one attached hydrogen (secondary N) is 1. The Morgan fingerprint density at radius 3 is 2.67 bits per heavy atom. The number of hydrogen-bond acceptors (Lipinski definition) is 2. The summed E-state index contributed by atoms with van der Waals surface area (Å²) in [7, 11) is 0. The zero-order valence-corrected chi connectivity index (χ0v) is 9.58. The number of aromatic nitrogens is 1. The number of hydrogen-bond donors (Lipinski definition) is 1. The summed E-state index contributed by atoms with van der Waals surface area (Å²) in [6.07, 6.45) is 3.44. The van der Waals surface area contributed by atoms with Crippen LogP contribution in [0.15, 0.2) is 18.3 Å². The fourth-order valence-corrected chi connectivity index (χ4v) is 1.49. The molecule has 82 valence electrons. The van der Waals surface area contributed by atoms with Crippen molar-refractivity contribution in [2.24, 2.45) is 5.92 Å². The predicted molar refractivity (Wildman–Crippen MR) is 61.7 cm³/mol. The number of carbonyl (C=O) groups excluding carboxylic acids is 1. The molecule has 0 aliphatic rings.